The molecule has 0 atom stereocenters. The maximum atomic E-state index is 11.0. The lowest BCUT2D eigenvalue weighted by Gasteiger charge is -2.01. The molecule has 3 N–H and O–H groups in total. The highest BCUT2D eigenvalue weighted by molar-refractivity contribution is 5.83. The SMILES string of the molecule is Nc1ccc(-c2nnc3n(CCC(=O)O)c4ccccc4n23)cc1. The van der Waals surface area contributed by atoms with Crippen molar-refractivity contribution in [2.24, 2.45) is 0 Å². The van der Waals surface area contributed by atoms with E-state index in [1.54, 1.807) is 0 Å². The van der Waals surface area contributed by atoms with Gasteiger partial charge in [-0.3, -0.25) is 9.20 Å². The molecule has 0 amide bonds. The lowest BCUT2D eigenvalue weighted by molar-refractivity contribution is -0.137. The van der Waals surface area contributed by atoms with Crippen molar-refractivity contribution < 1.29 is 9.90 Å². The second-order valence-electron chi connectivity index (χ2n) is 5.57. The summed E-state index contributed by atoms with van der Waals surface area (Å²) in [6.45, 7) is 0.340. The zero-order chi connectivity index (χ0) is 16.7. The van der Waals surface area contributed by atoms with Crippen LogP contribution in [-0.2, 0) is 11.3 Å². The largest absolute Gasteiger partial charge is 0.481 e. The van der Waals surface area contributed by atoms with E-state index >= 15 is 0 Å². The summed E-state index contributed by atoms with van der Waals surface area (Å²) in [6.07, 6.45) is 0.0262. The van der Waals surface area contributed by atoms with E-state index in [2.05, 4.69) is 10.2 Å². The Morgan fingerprint density at radius 1 is 1.04 bits per heavy atom. The molecule has 0 saturated heterocycles. The van der Waals surface area contributed by atoms with Gasteiger partial charge in [-0.05, 0) is 36.4 Å². The summed E-state index contributed by atoms with van der Waals surface area (Å²) in [5.74, 6) is 0.490. The number of aliphatic carboxylic acids is 1. The van der Waals surface area contributed by atoms with E-state index in [0.29, 0.717) is 23.8 Å². The number of nitrogens with zero attached hydrogens (tertiary/aromatic N) is 4. The Kier molecular flexibility index (Phi) is 3.19. The van der Waals surface area contributed by atoms with Crippen LogP contribution in [0.5, 0.6) is 0 Å². The highest BCUT2D eigenvalue weighted by Crippen LogP contribution is 2.26. The van der Waals surface area contributed by atoms with E-state index in [0.717, 1.165) is 16.6 Å². The smallest absolute Gasteiger partial charge is 0.305 e. The second-order valence-corrected chi connectivity index (χ2v) is 5.57. The summed E-state index contributed by atoms with van der Waals surface area (Å²) < 4.78 is 3.83. The van der Waals surface area contributed by atoms with E-state index in [9.17, 15) is 4.79 Å². The van der Waals surface area contributed by atoms with Crippen molar-refractivity contribution in [2.75, 3.05) is 5.73 Å². The number of fused-ring (bicyclic) bond motifs is 3. The number of carboxylic acids is 1. The van der Waals surface area contributed by atoms with Gasteiger partial charge in [-0.2, -0.15) is 0 Å². The molecular formula is C17H15N5O2. The quantitative estimate of drug-likeness (QED) is 0.562. The third kappa shape index (κ3) is 2.18. The van der Waals surface area contributed by atoms with Crippen LogP contribution < -0.4 is 5.73 Å². The first kappa shape index (κ1) is 14.3. The number of benzene rings is 2. The van der Waals surface area contributed by atoms with Crippen LogP contribution in [0, 0.1) is 0 Å². The van der Waals surface area contributed by atoms with Gasteiger partial charge in [0.15, 0.2) is 5.82 Å². The van der Waals surface area contributed by atoms with E-state index in [-0.39, 0.29) is 6.42 Å². The van der Waals surface area contributed by atoms with Gasteiger partial charge in [0.05, 0.1) is 17.5 Å². The molecule has 24 heavy (non-hydrogen) atoms. The lowest BCUT2D eigenvalue weighted by atomic mass is 10.2. The minimum atomic E-state index is -0.843. The Hall–Kier alpha value is -3.35. The number of aromatic nitrogens is 4. The topological polar surface area (TPSA) is 98.4 Å². The number of hydrogen-bond acceptors (Lipinski definition) is 4. The zero-order valence-corrected chi connectivity index (χ0v) is 12.8. The summed E-state index contributed by atoms with van der Waals surface area (Å²) in [5, 5.41) is 17.6. The predicted molar refractivity (Wildman–Crippen MR) is 90.6 cm³/mol. The van der Waals surface area contributed by atoms with Crippen LogP contribution in [0.25, 0.3) is 28.2 Å². The maximum Gasteiger partial charge on any atom is 0.305 e. The molecule has 4 aromatic rings. The van der Waals surface area contributed by atoms with Crippen molar-refractivity contribution in [3.63, 3.8) is 0 Å². The normalized spacial score (nSPS) is 11.3. The van der Waals surface area contributed by atoms with E-state index < -0.39 is 5.97 Å². The Balaban J connectivity index is 1.97. The monoisotopic (exact) mass is 321 g/mol. The number of carbonyl (C=O) groups is 1. The lowest BCUT2D eigenvalue weighted by Crippen LogP contribution is -2.04. The number of nitrogens with two attached hydrogens (primary N) is 1. The fourth-order valence-electron chi connectivity index (χ4n) is 2.91. The average molecular weight is 321 g/mol. The van der Waals surface area contributed by atoms with Crippen molar-refractivity contribution in [1.82, 2.24) is 19.2 Å². The summed E-state index contributed by atoms with van der Waals surface area (Å²) in [6, 6.07) is 15.2. The fraction of sp³-hybridized carbons (Fsp3) is 0.118. The van der Waals surface area contributed by atoms with Crippen molar-refractivity contribution in [3.8, 4) is 11.4 Å². The average Bonchev–Trinajstić information content (AvgIpc) is 3.12. The van der Waals surface area contributed by atoms with Gasteiger partial charge in [0, 0.05) is 17.8 Å². The van der Waals surface area contributed by atoms with E-state index in [1.165, 1.54) is 0 Å². The molecule has 2 aromatic carbocycles. The Bertz CT molecular complexity index is 1050. The van der Waals surface area contributed by atoms with Gasteiger partial charge in [-0.1, -0.05) is 12.1 Å². The van der Waals surface area contributed by atoms with Gasteiger partial charge in [0.1, 0.15) is 0 Å². The van der Waals surface area contributed by atoms with Crippen LogP contribution in [0.4, 0.5) is 5.69 Å². The highest BCUT2D eigenvalue weighted by Gasteiger charge is 2.17. The third-order valence-corrected chi connectivity index (χ3v) is 4.02. The van der Waals surface area contributed by atoms with Gasteiger partial charge in [-0.25, -0.2) is 0 Å². The van der Waals surface area contributed by atoms with Crippen molar-refractivity contribution >= 4 is 28.5 Å². The molecule has 0 aliphatic carbocycles. The van der Waals surface area contributed by atoms with Crippen molar-refractivity contribution in [2.45, 2.75) is 13.0 Å². The summed E-state index contributed by atoms with van der Waals surface area (Å²) in [5.41, 5.74) is 9.21. The van der Waals surface area contributed by atoms with Crippen LogP contribution >= 0.6 is 0 Å². The van der Waals surface area contributed by atoms with Gasteiger partial charge >= 0.3 is 5.97 Å². The number of para-hydroxylation sites is 2. The molecule has 7 nitrogen and oxygen atoms in total. The molecular weight excluding hydrogens is 306 g/mol. The molecule has 0 bridgehead atoms. The van der Waals surface area contributed by atoms with Crippen molar-refractivity contribution in [1.29, 1.82) is 0 Å². The molecule has 0 unspecified atom stereocenters. The minimum Gasteiger partial charge on any atom is -0.481 e. The predicted octanol–water partition coefficient (Wildman–Crippen LogP) is 2.41. The van der Waals surface area contributed by atoms with E-state index in [4.69, 9.17) is 10.8 Å². The fourth-order valence-corrected chi connectivity index (χ4v) is 2.91. The number of nitrogen functional groups attached to an aromatic ring is 1. The zero-order valence-electron chi connectivity index (χ0n) is 12.8. The molecule has 2 aromatic heterocycles. The number of hydrogen-bond donors (Lipinski definition) is 2. The first-order chi connectivity index (χ1) is 11.6. The van der Waals surface area contributed by atoms with Gasteiger partial charge in [0.2, 0.25) is 5.78 Å². The number of aryl methyl sites for hydroxylation is 1. The molecule has 0 radical (unpaired) electrons. The summed E-state index contributed by atoms with van der Waals surface area (Å²) in [4.78, 5) is 11.0. The molecule has 0 spiro atoms. The molecule has 7 heteroatoms. The number of rotatable bonds is 4. The van der Waals surface area contributed by atoms with Crippen LogP contribution in [-0.4, -0.2) is 30.2 Å². The van der Waals surface area contributed by atoms with Gasteiger partial charge in [-0.15, -0.1) is 10.2 Å². The van der Waals surface area contributed by atoms with Crippen LogP contribution in [0.1, 0.15) is 6.42 Å². The van der Waals surface area contributed by atoms with Gasteiger partial charge in [0.25, 0.3) is 0 Å². The summed E-state index contributed by atoms with van der Waals surface area (Å²) in [7, 11) is 0. The van der Waals surface area contributed by atoms with E-state index in [1.807, 2.05) is 57.5 Å². The third-order valence-electron chi connectivity index (χ3n) is 4.02. The standard InChI is InChI=1S/C17H15N5O2/c18-12-7-5-11(6-8-12)16-19-20-17-21(10-9-15(23)24)13-3-1-2-4-14(13)22(16)17/h1-8H,9-10,18H2,(H,23,24). The second kappa shape index (κ2) is 5.38. The molecule has 2 heterocycles. The van der Waals surface area contributed by atoms with Crippen molar-refractivity contribution in [3.05, 3.63) is 48.5 Å². The molecule has 120 valence electrons. The number of imidazole rings is 1. The summed E-state index contributed by atoms with van der Waals surface area (Å²) >= 11 is 0. The first-order valence-electron chi connectivity index (χ1n) is 7.55. The van der Waals surface area contributed by atoms with Crippen LogP contribution in [0.2, 0.25) is 0 Å². The Morgan fingerprint density at radius 2 is 1.75 bits per heavy atom. The number of anilines is 1. The molecule has 0 fully saturated rings. The van der Waals surface area contributed by atoms with Gasteiger partial charge < -0.3 is 15.4 Å². The molecule has 4 rings (SSSR count). The Morgan fingerprint density at radius 3 is 2.46 bits per heavy atom. The van der Waals surface area contributed by atoms with Crippen LogP contribution in [0.3, 0.4) is 0 Å². The highest BCUT2D eigenvalue weighted by atomic mass is 16.4. The molecule has 0 saturated carbocycles. The number of carboxylic acid groups (broad SMARTS) is 1. The maximum absolute atomic E-state index is 11.0. The van der Waals surface area contributed by atoms with Crippen LogP contribution in [0.15, 0.2) is 48.5 Å². The molecule has 0 aliphatic rings. The first-order valence-corrected chi connectivity index (χ1v) is 7.55. The molecule has 0 aliphatic heterocycles. The minimum absolute atomic E-state index is 0.0262. The Labute approximate surface area is 137 Å².